The van der Waals surface area contributed by atoms with Crippen LogP contribution in [-0.4, -0.2) is 36.1 Å². The summed E-state index contributed by atoms with van der Waals surface area (Å²) in [6.45, 7) is 2.00. The van der Waals surface area contributed by atoms with E-state index in [-0.39, 0.29) is 11.1 Å². The Balaban J connectivity index is 1.57. The molecule has 3 rings (SSSR count). The van der Waals surface area contributed by atoms with E-state index in [1.54, 1.807) is 17.7 Å². The summed E-state index contributed by atoms with van der Waals surface area (Å²) >= 11 is 1.12. The van der Waals surface area contributed by atoms with Crippen LogP contribution in [0.1, 0.15) is 12.8 Å². The first-order valence-electron chi connectivity index (χ1n) is 6.98. The number of nitrogens with one attached hydrogen (secondary N) is 1. The van der Waals surface area contributed by atoms with Crippen LogP contribution in [0.5, 0.6) is 0 Å². The molecule has 0 saturated carbocycles. The molecular weight excluding hydrogens is 335 g/mol. The molecule has 8 nitrogen and oxygen atoms in total. The number of hydrogen-bond donors (Lipinski definition) is 1. The molecule has 2 heterocycles. The molecule has 0 spiro atoms. The van der Waals surface area contributed by atoms with Crippen LogP contribution in [-0.2, 0) is 11.3 Å². The number of carbonyl (C=O) groups excluding carboxylic acids is 1. The SMILES string of the molecule is CC(Sc1nnc(Cn2cncn2)o1)C(=O)Nc1cccc(F)c1. The summed E-state index contributed by atoms with van der Waals surface area (Å²) in [7, 11) is 0. The van der Waals surface area contributed by atoms with E-state index in [9.17, 15) is 9.18 Å². The minimum atomic E-state index is -0.493. The predicted octanol–water partition coefficient (Wildman–Crippen LogP) is 1.97. The van der Waals surface area contributed by atoms with Crippen LogP contribution in [0.15, 0.2) is 46.6 Å². The van der Waals surface area contributed by atoms with Crippen molar-refractivity contribution in [3.8, 4) is 0 Å². The third kappa shape index (κ3) is 4.16. The number of amides is 1. The average Bonchev–Trinajstić information content (AvgIpc) is 3.20. The largest absolute Gasteiger partial charge is 0.414 e. The third-order valence-corrected chi connectivity index (χ3v) is 3.89. The molecule has 1 amide bonds. The first kappa shape index (κ1) is 16.1. The Labute approximate surface area is 140 Å². The maximum Gasteiger partial charge on any atom is 0.277 e. The molecule has 2 aromatic heterocycles. The van der Waals surface area contributed by atoms with Gasteiger partial charge < -0.3 is 9.73 Å². The van der Waals surface area contributed by atoms with E-state index < -0.39 is 11.1 Å². The molecule has 0 radical (unpaired) electrons. The molecule has 10 heteroatoms. The van der Waals surface area contributed by atoms with Gasteiger partial charge in [-0.25, -0.2) is 14.1 Å². The van der Waals surface area contributed by atoms with Gasteiger partial charge in [0, 0.05) is 5.69 Å². The first-order valence-corrected chi connectivity index (χ1v) is 7.86. The predicted molar refractivity (Wildman–Crippen MR) is 83.8 cm³/mol. The van der Waals surface area contributed by atoms with Crippen molar-refractivity contribution in [2.24, 2.45) is 0 Å². The molecule has 1 N–H and O–H groups in total. The summed E-state index contributed by atoms with van der Waals surface area (Å²) in [5, 5.41) is 14.1. The zero-order valence-corrected chi connectivity index (χ0v) is 13.4. The molecule has 0 saturated heterocycles. The molecule has 1 aromatic carbocycles. The van der Waals surface area contributed by atoms with Gasteiger partial charge in [0.05, 0.1) is 5.25 Å². The fourth-order valence-corrected chi connectivity index (χ4v) is 2.52. The number of halogens is 1. The highest BCUT2D eigenvalue weighted by atomic mass is 32.2. The molecule has 0 aliphatic heterocycles. The second-order valence-electron chi connectivity index (χ2n) is 4.81. The molecule has 1 atom stereocenters. The summed E-state index contributed by atoms with van der Waals surface area (Å²) < 4.78 is 20.1. The van der Waals surface area contributed by atoms with Crippen LogP contribution in [0.2, 0.25) is 0 Å². The Bertz CT molecular complexity index is 822. The highest BCUT2D eigenvalue weighted by Gasteiger charge is 2.18. The van der Waals surface area contributed by atoms with Crippen LogP contribution >= 0.6 is 11.8 Å². The van der Waals surface area contributed by atoms with E-state index in [0.29, 0.717) is 18.1 Å². The zero-order chi connectivity index (χ0) is 16.9. The van der Waals surface area contributed by atoms with E-state index in [0.717, 1.165) is 11.8 Å². The fraction of sp³-hybridized carbons (Fsp3) is 0.214. The summed E-state index contributed by atoms with van der Waals surface area (Å²) in [6.07, 6.45) is 2.94. The van der Waals surface area contributed by atoms with Gasteiger partial charge in [-0.15, -0.1) is 10.2 Å². The van der Waals surface area contributed by atoms with Crippen molar-refractivity contribution in [3.63, 3.8) is 0 Å². The molecule has 0 aliphatic carbocycles. The molecule has 0 aliphatic rings. The van der Waals surface area contributed by atoms with Crippen molar-refractivity contribution in [2.45, 2.75) is 23.9 Å². The van der Waals surface area contributed by atoms with Gasteiger partial charge in [0.2, 0.25) is 11.8 Å². The second kappa shape index (κ2) is 7.21. The number of nitrogens with zero attached hydrogens (tertiary/aromatic N) is 5. The lowest BCUT2D eigenvalue weighted by molar-refractivity contribution is -0.115. The number of carbonyl (C=O) groups is 1. The Morgan fingerprint density at radius 3 is 3.08 bits per heavy atom. The molecule has 24 heavy (non-hydrogen) atoms. The Hall–Kier alpha value is -2.75. The number of rotatable bonds is 6. The van der Waals surface area contributed by atoms with Crippen LogP contribution in [0.4, 0.5) is 10.1 Å². The van der Waals surface area contributed by atoms with Gasteiger partial charge in [-0.3, -0.25) is 4.79 Å². The molecule has 0 bridgehead atoms. The Morgan fingerprint density at radius 1 is 1.46 bits per heavy atom. The second-order valence-corrected chi connectivity index (χ2v) is 6.11. The van der Waals surface area contributed by atoms with Crippen LogP contribution in [0.3, 0.4) is 0 Å². The maximum atomic E-state index is 13.1. The molecule has 0 fully saturated rings. The normalized spacial score (nSPS) is 12.1. The monoisotopic (exact) mass is 348 g/mol. The molecule has 1 unspecified atom stereocenters. The highest BCUT2D eigenvalue weighted by Crippen LogP contribution is 2.23. The fourth-order valence-electron chi connectivity index (χ4n) is 1.82. The lowest BCUT2D eigenvalue weighted by Crippen LogP contribution is -2.22. The van der Waals surface area contributed by atoms with Crippen molar-refractivity contribution in [1.29, 1.82) is 0 Å². The standard InChI is InChI=1S/C14H13FN6O2S/c1-9(13(22)18-11-4-2-3-10(15)5-11)24-14-20-19-12(23-14)6-21-8-16-7-17-21/h2-5,7-9H,6H2,1H3,(H,18,22). The summed E-state index contributed by atoms with van der Waals surface area (Å²) in [6, 6.07) is 5.69. The van der Waals surface area contributed by atoms with E-state index in [1.807, 2.05) is 0 Å². The minimum absolute atomic E-state index is 0.270. The Kier molecular flexibility index (Phi) is 4.85. The minimum Gasteiger partial charge on any atom is -0.414 e. The van der Waals surface area contributed by atoms with E-state index in [1.165, 1.54) is 30.9 Å². The molecule has 3 aromatic rings. The van der Waals surface area contributed by atoms with E-state index in [2.05, 4.69) is 25.6 Å². The van der Waals surface area contributed by atoms with Crippen LogP contribution in [0.25, 0.3) is 0 Å². The van der Waals surface area contributed by atoms with Crippen molar-refractivity contribution in [1.82, 2.24) is 25.0 Å². The number of thioether (sulfide) groups is 1. The summed E-state index contributed by atoms with van der Waals surface area (Å²) in [4.78, 5) is 15.9. The van der Waals surface area contributed by atoms with E-state index >= 15 is 0 Å². The van der Waals surface area contributed by atoms with Crippen molar-refractivity contribution in [3.05, 3.63) is 48.6 Å². The number of aromatic nitrogens is 5. The molecular formula is C14H13FN6O2S. The van der Waals surface area contributed by atoms with Crippen molar-refractivity contribution < 1.29 is 13.6 Å². The summed E-state index contributed by atoms with van der Waals surface area (Å²) in [5.41, 5.74) is 0.393. The van der Waals surface area contributed by atoms with Gasteiger partial charge in [0.1, 0.15) is 25.0 Å². The lowest BCUT2D eigenvalue weighted by atomic mass is 10.3. The van der Waals surface area contributed by atoms with Gasteiger partial charge >= 0.3 is 0 Å². The Morgan fingerprint density at radius 2 is 2.33 bits per heavy atom. The van der Waals surface area contributed by atoms with Gasteiger partial charge in [-0.2, -0.15) is 5.10 Å². The quantitative estimate of drug-likeness (QED) is 0.680. The number of anilines is 1. The number of hydrogen-bond acceptors (Lipinski definition) is 7. The van der Waals surface area contributed by atoms with E-state index in [4.69, 9.17) is 4.42 Å². The summed E-state index contributed by atoms with van der Waals surface area (Å²) in [5.74, 6) is -0.342. The molecule has 124 valence electrons. The van der Waals surface area contributed by atoms with Crippen LogP contribution in [0, 0.1) is 5.82 Å². The van der Waals surface area contributed by atoms with Gasteiger partial charge in [-0.1, -0.05) is 17.8 Å². The first-order chi connectivity index (χ1) is 11.6. The van der Waals surface area contributed by atoms with Gasteiger partial charge in [0.15, 0.2) is 0 Å². The van der Waals surface area contributed by atoms with Gasteiger partial charge in [-0.05, 0) is 25.1 Å². The highest BCUT2D eigenvalue weighted by molar-refractivity contribution is 8.00. The van der Waals surface area contributed by atoms with Gasteiger partial charge in [0.25, 0.3) is 5.22 Å². The number of benzene rings is 1. The van der Waals surface area contributed by atoms with Crippen LogP contribution < -0.4 is 5.32 Å². The average molecular weight is 348 g/mol. The third-order valence-electron chi connectivity index (χ3n) is 2.95. The lowest BCUT2D eigenvalue weighted by Gasteiger charge is -2.09. The smallest absolute Gasteiger partial charge is 0.277 e. The van der Waals surface area contributed by atoms with Crippen molar-refractivity contribution >= 4 is 23.4 Å². The zero-order valence-electron chi connectivity index (χ0n) is 12.6. The van der Waals surface area contributed by atoms with Crippen molar-refractivity contribution in [2.75, 3.05) is 5.32 Å². The maximum absolute atomic E-state index is 13.1. The topological polar surface area (TPSA) is 98.7 Å².